The summed E-state index contributed by atoms with van der Waals surface area (Å²) >= 11 is 0. The van der Waals surface area contributed by atoms with E-state index in [2.05, 4.69) is 10.2 Å². The fraction of sp³-hybridized carbons (Fsp3) is 0.375. The lowest BCUT2D eigenvalue weighted by molar-refractivity contribution is -0.632. The highest BCUT2D eigenvalue weighted by molar-refractivity contribution is 5.73. The Balaban J connectivity index is 2.13. The molecule has 0 saturated heterocycles. The molecular weight excluding hydrogens is 306 g/mol. The van der Waals surface area contributed by atoms with Crippen LogP contribution >= 0.6 is 0 Å². The van der Waals surface area contributed by atoms with Gasteiger partial charge < -0.3 is 5.73 Å². The molecule has 2 aromatic heterocycles. The molecule has 0 fully saturated rings. The summed E-state index contributed by atoms with van der Waals surface area (Å²) in [6.45, 7) is 4.98. The van der Waals surface area contributed by atoms with Crippen molar-refractivity contribution in [2.24, 2.45) is 24.3 Å². The molecule has 3 rings (SSSR count). The molecule has 0 aliphatic heterocycles. The van der Waals surface area contributed by atoms with E-state index in [0.29, 0.717) is 24.9 Å². The molecule has 2 N–H and O–H groups in total. The van der Waals surface area contributed by atoms with Gasteiger partial charge in [0.1, 0.15) is 11.0 Å². The normalized spacial score (nSPS) is 11.8. The third-order valence-corrected chi connectivity index (χ3v) is 4.29. The predicted molar refractivity (Wildman–Crippen MR) is 92.7 cm³/mol. The minimum Gasteiger partial charge on any atom is -0.382 e. The number of hydrogen-bond donors (Lipinski definition) is 1. The first-order valence-electron chi connectivity index (χ1n) is 7.95. The van der Waals surface area contributed by atoms with Gasteiger partial charge in [-0.15, -0.1) is 0 Å². The Morgan fingerprint density at radius 2 is 1.79 bits per heavy atom. The Bertz CT molecular complexity index is 951. The lowest BCUT2D eigenvalue weighted by Crippen LogP contribution is -2.26. The molecule has 8 nitrogen and oxygen atoms in total. The van der Waals surface area contributed by atoms with Gasteiger partial charge in [0, 0.05) is 18.2 Å². The second-order valence-electron chi connectivity index (χ2n) is 5.58. The highest BCUT2D eigenvalue weighted by atomic mass is 16.1. The van der Waals surface area contributed by atoms with Crippen LogP contribution in [0.5, 0.6) is 0 Å². The number of nitrogens with two attached hydrogens (primary N) is 1. The highest BCUT2D eigenvalue weighted by Gasteiger charge is 2.21. The van der Waals surface area contributed by atoms with Crippen molar-refractivity contribution in [3.63, 3.8) is 0 Å². The van der Waals surface area contributed by atoms with Crippen molar-refractivity contribution in [2.75, 3.05) is 5.73 Å². The summed E-state index contributed by atoms with van der Waals surface area (Å²) in [6.07, 6.45) is 0. The van der Waals surface area contributed by atoms with E-state index in [1.807, 2.05) is 61.3 Å². The molecule has 8 heteroatoms. The van der Waals surface area contributed by atoms with Crippen LogP contribution in [0.25, 0.3) is 11.0 Å². The van der Waals surface area contributed by atoms with Crippen molar-refractivity contribution >= 4 is 28.5 Å². The molecule has 3 aromatic rings. The zero-order chi connectivity index (χ0) is 17.4. The van der Waals surface area contributed by atoms with Crippen LogP contribution in [0, 0.1) is 0 Å². The van der Waals surface area contributed by atoms with Gasteiger partial charge in [0.2, 0.25) is 5.69 Å². The topological polar surface area (TPSA) is 86.5 Å². The Morgan fingerprint density at radius 3 is 2.38 bits per heavy atom. The first kappa shape index (κ1) is 16.0. The van der Waals surface area contributed by atoms with E-state index in [9.17, 15) is 4.79 Å². The maximum absolute atomic E-state index is 12.5. The summed E-state index contributed by atoms with van der Waals surface area (Å²) in [4.78, 5) is 12.5. The molecular formula is C16H22N7O+. The summed E-state index contributed by atoms with van der Waals surface area (Å²) in [5.74, 6) is 0.983. The van der Waals surface area contributed by atoms with Crippen LogP contribution in [0.3, 0.4) is 0 Å². The minimum absolute atomic E-state index is 0.184. The number of anilines is 1. The van der Waals surface area contributed by atoms with Crippen LogP contribution in [0.1, 0.15) is 13.8 Å². The number of nitrogens with zero attached hydrogens (tertiary/aromatic N) is 6. The molecule has 24 heavy (non-hydrogen) atoms. The monoisotopic (exact) mass is 328 g/mol. The molecule has 0 saturated carbocycles. The first-order valence-corrected chi connectivity index (χ1v) is 7.95. The van der Waals surface area contributed by atoms with E-state index < -0.39 is 0 Å². The van der Waals surface area contributed by atoms with E-state index in [4.69, 9.17) is 5.73 Å². The number of imidazole rings is 1. The maximum Gasteiger partial charge on any atom is 0.422 e. The highest BCUT2D eigenvalue weighted by Crippen LogP contribution is 2.22. The molecule has 2 heterocycles. The van der Waals surface area contributed by atoms with Crippen LogP contribution in [0.4, 0.5) is 17.5 Å². The van der Waals surface area contributed by atoms with Crippen molar-refractivity contribution in [1.82, 2.24) is 13.9 Å². The van der Waals surface area contributed by atoms with Crippen LogP contribution < -0.4 is 15.9 Å². The molecule has 1 aromatic carbocycles. The Kier molecular flexibility index (Phi) is 3.96. The first-order chi connectivity index (χ1) is 11.5. The second-order valence-corrected chi connectivity index (χ2v) is 5.58. The van der Waals surface area contributed by atoms with Crippen molar-refractivity contribution in [3.8, 4) is 0 Å². The summed E-state index contributed by atoms with van der Waals surface area (Å²) < 4.78 is 7.16. The standard InChI is InChI=1S/C16H21N7O/c1-5-22-14(17)13(15(24)23(22)6-2)18-19-16-20(3)11-9-7-8-10-12(11)21(16)4/h7-10,17H,5-6H2,1-4H3/p+1. The Hall–Kier alpha value is -2.90. The number of fused-ring (bicyclic) bond motifs is 1. The van der Waals surface area contributed by atoms with Gasteiger partial charge in [0.25, 0.3) is 5.56 Å². The van der Waals surface area contributed by atoms with E-state index in [1.54, 1.807) is 9.36 Å². The molecule has 0 amide bonds. The van der Waals surface area contributed by atoms with Crippen LogP contribution in [-0.2, 0) is 27.2 Å². The molecule has 0 aliphatic carbocycles. The summed E-state index contributed by atoms with van der Waals surface area (Å²) in [5, 5.41) is 8.48. The number of benzene rings is 1. The van der Waals surface area contributed by atoms with Gasteiger partial charge in [-0.3, -0.25) is 9.48 Å². The molecule has 0 unspecified atom stereocenters. The van der Waals surface area contributed by atoms with Crippen molar-refractivity contribution in [2.45, 2.75) is 26.9 Å². The van der Waals surface area contributed by atoms with E-state index >= 15 is 0 Å². The smallest absolute Gasteiger partial charge is 0.382 e. The SMILES string of the molecule is CCn1c(N)c(/N=N/c2n(C)c3ccccc3[n+]2C)c(=O)n1CC. The van der Waals surface area contributed by atoms with Gasteiger partial charge in [0.15, 0.2) is 5.82 Å². The molecule has 126 valence electrons. The minimum atomic E-state index is -0.220. The molecule has 0 aliphatic rings. The van der Waals surface area contributed by atoms with Gasteiger partial charge in [0.05, 0.1) is 14.1 Å². The predicted octanol–water partition coefficient (Wildman–Crippen LogP) is 2.00. The number of nitrogen functional groups attached to an aromatic ring is 1. The molecule has 0 bridgehead atoms. The zero-order valence-corrected chi connectivity index (χ0v) is 14.4. The van der Waals surface area contributed by atoms with Crippen molar-refractivity contribution in [1.29, 1.82) is 0 Å². The Morgan fingerprint density at radius 1 is 1.12 bits per heavy atom. The third kappa shape index (κ3) is 2.22. The largest absolute Gasteiger partial charge is 0.422 e. The number of hydrogen-bond acceptors (Lipinski definition) is 4. The van der Waals surface area contributed by atoms with Crippen molar-refractivity contribution in [3.05, 3.63) is 34.6 Å². The van der Waals surface area contributed by atoms with E-state index in [0.717, 1.165) is 11.0 Å². The third-order valence-electron chi connectivity index (χ3n) is 4.29. The number of para-hydroxylation sites is 2. The number of azo groups is 1. The molecule has 0 atom stereocenters. The number of rotatable bonds is 4. The Labute approximate surface area is 139 Å². The average Bonchev–Trinajstić information content (AvgIpc) is 2.97. The lowest BCUT2D eigenvalue weighted by Gasteiger charge is -2.07. The maximum atomic E-state index is 12.5. The van der Waals surface area contributed by atoms with Gasteiger partial charge >= 0.3 is 5.95 Å². The summed E-state index contributed by atoms with van der Waals surface area (Å²) in [5.41, 5.74) is 8.13. The summed E-state index contributed by atoms with van der Waals surface area (Å²) in [6, 6.07) is 7.98. The number of aryl methyl sites for hydroxylation is 2. The quantitative estimate of drug-likeness (QED) is 0.586. The fourth-order valence-corrected chi connectivity index (χ4v) is 3.04. The average molecular weight is 328 g/mol. The van der Waals surface area contributed by atoms with Gasteiger partial charge in [-0.05, 0) is 26.0 Å². The fourth-order valence-electron chi connectivity index (χ4n) is 3.04. The number of aromatic nitrogens is 4. The van der Waals surface area contributed by atoms with Crippen LogP contribution in [0.2, 0.25) is 0 Å². The van der Waals surface area contributed by atoms with E-state index in [-0.39, 0.29) is 11.2 Å². The lowest BCUT2D eigenvalue weighted by atomic mass is 10.3. The van der Waals surface area contributed by atoms with Crippen molar-refractivity contribution < 1.29 is 4.57 Å². The van der Waals surface area contributed by atoms with Gasteiger partial charge in [-0.2, -0.15) is 0 Å². The van der Waals surface area contributed by atoms with Crippen LogP contribution in [0.15, 0.2) is 39.3 Å². The molecule has 0 radical (unpaired) electrons. The zero-order valence-electron chi connectivity index (χ0n) is 14.4. The van der Waals surface area contributed by atoms with Gasteiger partial charge in [-0.25, -0.2) is 13.8 Å². The summed E-state index contributed by atoms with van der Waals surface area (Å²) in [7, 11) is 3.84. The van der Waals surface area contributed by atoms with Gasteiger partial charge in [-0.1, -0.05) is 17.2 Å². The van der Waals surface area contributed by atoms with E-state index in [1.165, 1.54) is 0 Å². The second kappa shape index (κ2) is 5.95. The molecule has 0 spiro atoms. The van der Waals surface area contributed by atoms with Crippen LogP contribution in [-0.4, -0.2) is 13.9 Å².